The lowest BCUT2D eigenvalue weighted by Crippen LogP contribution is -1.77. The Hall–Kier alpha value is -2.62. The van der Waals surface area contributed by atoms with Crippen molar-refractivity contribution in [1.82, 2.24) is 19.9 Å². The molecule has 0 saturated carbocycles. The summed E-state index contributed by atoms with van der Waals surface area (Å²) in [7, 11) is 0. The third-order valence-electron chi connectivity index (χ3n) is 2.39. The number of aromatic nitrogens is 4. The summed E-state index contributed by atoms with van der Waals surface area (Å²) in [6, 6.07) is 7.89. The number of rotatable bonds is 0. The van der Waals surface area contributed by atoms with E-state index in [4.69, 9.17) is 0 Å². The van der Waals surface area contributed by atoms with E-state index in [1.165, 1.54) is 11.1 Å². The zero-order valence-electron chi connectivity index (χ0n) is 16.6. The molecule has 3 aromatic heterocycles. The predicted molar refractivity (Wildman–Crippen MR) is 107 cm³/mol. The van der Waals surface area contributed by atoms with Crippen molar-refractivity contribution >= 4 is 0 Å². The molecule has 0 fully saturated rings. The molecule has 0 aliphatic heterocycles. The molecule has 4 nitrogen and oxygen atoms in total. The molecule has 0 N–H and O–H groups in total. The van der Waals surface area contributed by atoms with Crippen LogP contribution >= 0.6 is 0 Å². The van der Waals surface area contributed by atoms with Gasteiger partial charge in [0, 0.05) is 43.4 Å². The van der Waals surface area contributed by atoms with Crippen molar-refractivity contribution in [3.8, 4) is 0 Å². The van der Waals surface area contributed by atoms with Gasteiger partial charge >= 0.3 is 0 Å². The van der Waals surface area contributed by atoms with E-state index in [9.17, 15) is 0 Å². The Kier molecular flexibility index (Phi) is 19.1. The third kappa shape index (κ3) is 17.6. The second-order valence-corrected chi connectivity index (χ2v) is 4.40. The first-order chi connectivity index (χ1) is 12.2. The molecule has 0 aromatic carbocycles. The summed E-state index contributed by atoms with van der Waals surface area (Å²) in [6.45, 7) is 14.0. The number of nitrogens with zero attached hydrogens (tertiary/aromatic N) is 4. The Labute approximate surface area is 153 Å². The molecule has 0 aliphatic carbocycles. The summed E-state index contributed by atoms with van der Waals surface area (Å²) >= 11 is 0. The van der Waals surface area contributed by atoms with Crippen LogP contribution in [0.25, 0.3) is 0 Å². The number of aryl methyl sites for hydroxylation is 3. The van der Waals surface area contributed by atoms with Crippen molar-refractivity contribution in [3.05, 3.63) is 84.5 Å². The molecule has 0 saturated heterocycles. The second-order valence-electron chi connectivity index (χ2n) is 4.40. The molecule has 0 atom stereocenters. The second kappa shape index (κ2) is 19.4. The number of hydrogen-bond acceptors (Lipinski definition) is 4. The predicted octanol–water partition coefficient (Wildman–Crippen LogP) is 5.62. The van der Waals surface area contributed by atoms with Crippen LogP contribution in [-0.2, 0) is 0 Å². The summed E-state index contributed by atoms with van der Waals surface area (Å²) < 4.78 is 0. The molecule has 3 rings (SSSR count). The van der Waals surface area contributed by atoms with E-state index < -0.39 is 0 Å². The van der Waals surface area contributed by atoms with Gasteiger partial charge < -0.3 is 0 Å². The van der Waals surface area contributed by atoms with E-state index in [0.717, 1.165) is 5.69 Å². The van der Waals surface area contributed by atoms with E-state index in [0.29, 0.717) is 0 Å². The maximum absolute atomic E-state index is 3.92. The summed E-state index contributed by atoms with van der Waals surface area (Å²) in [5.41, 5.74) is 3.48. The summed E-state index contributed by atoms with van der Waals surface area (Å²) in [5.74, 6) is 0. The molecule has 0 bridgehead atoms. The lowest BCUT2D eigenvalue weighted by Gasteiger charge is -1.82. The van der Waals surface area contributed by atoms with Gasteiger partial charge in [-0.1, -0.05) is 27.7 Å². The van der Waals surface area contributed by atoms with Crippen molar-refractivity contribution in [2.75, 3.05) is 0 Å². The fraction of sp³-hybridized carbons (Fsp3) is 0.333. The van der Waals surface area contributed by atoms with Crippen LogP contribution in [0.1, 0.15) is 44.5 Å². The van der Waals surface area contributed by atoms with Crippen molar-refractivity contribution in [1.29, 1.82) is 0 Å². The maximum atomic E-state index is 3.92. The smallest absolute Gasteiger partial charge is 0.0555 e. The zero-order chi connectivity index (χ0) is 19.3. The van der Waals surface area contributed by atoms with Gasteiger partial charge in [-0.15, -0.1) is 0 Å². The maximum Gasteiger partial charge on any atom is 0.0555 e. The highest BCUT2D eigenvalue weighted by Gasteiger charge is 1.75. The van der Waals surface area contributed by atoms with Crippen LogP contribution in [0.2, 0.25) is 0 Å². The highest BCUT2D eigenvalue weighted by molar-refractivity contribution is 5.06. The van der Waals surface area contributed by atoms with Crippen molar-refractivity contribution in [2.45, 2.75) is 48.5 Å². The van der Waals surface area contributed by atoms with Crippen molar-refractivity contribution in [3.63, 3.8) is 0 Å². The number of hydrogen-bond donors (Lipinski definition) is 0. The van der Waals surface area contributed by atoms with Gasteiger partial charge in [0.25, 0.3) is 0 Å². The Balaban J connectivity index is 0. The monoisotopic (exact) mass is 340 g/mol. The van der Waals surface area contributed by atoms with Crippen molar-refractivity contribution < 1.29 is 0 Å². The van der Waals surface area contributed by atoms with Gasteiger partial charge in [0.1, 0.15) is 0 Å². The van der Waals surface area contributed by atoms with Gasteiger partial charge in [-0.2, -0.15) is 0 Å². The molecular formula is C21H32N4. The van der Waals surface area contributed by atoms with Crippen LogP contribution in [0, 0.1) is 20.8 Å². The molecule has 0 amide bonds. The SMILES string of the molecule is CC.CC.Cc1ccncc1.Cc1ccncc1.Cc1cnccn1. The molecule has 0 aliphatic rings. The van der Waals surface area contributed by atoms with Crippen LogP contribution in [0.5, 0.6) is 0 Å². The average Bonchev–Trinajstić information content (AvgIpc) is 2.68. The third-order valence-corrected chi connectivity index (χ3v) is 2.39. The topological polar surface area (TPSA) is 51.6 Å². The molecule has 4 heteroatoms. The summed E-state index contributed by atoms with van der Waals surface area (Å²) in [6.07, 6.45) is 12.2. The Bertz CT molecular complexity index is 495. The minimum absolute atomic E-state index is 0.961. The summed E-state index contributed by atoms with van der Waals surface area (Å²) in [5, 5.41) is 0. The fourth-order valence-electron chi connectivity index (χ4n) is 1.23. The standard InChI is InChI=1S/2C6H7N.C5H6N2.2C2H6/c2*1-6-2-4-7-5-3-6;1-5-4-6-2-3-7-5;2*1-2/h2*2-5H,1H3;2-4H,1H3;2*1-2H3. The van der Waals surface area contributed by atoms with Crippen LogP contribution in [-0.4, -0.2) is 19.9 Å². The van der Waals surface area contributed by atoms with E-state index in [2.05, 4.69) is 19.9 Å². The van der Waals surface area contributed by atoms with E-state index in [-0.39, 0.29) is 0 Å². The van der Waals surface area contributed by atoms with Gasteiger partial charge in [0.15, 0.2) is 0 Å². The highest BCUT2D eigenvalue weighted by atomic mass is 14.7. The molecular weight excluding hydrogens is 308 g/mol. The zero-order valence-corrected chi connectivity index (χ0v) is 16.6. The quantitative estimate of drug-likeness (QED) is 0.533. The first kappa shape index (κ1) is 24.6. The van der Waals surface area contributed by atoms with Crippen LogP contribution in [0.4, 0.5) is 0 Å². The van der Waals surface area contributed by atoms with Gasteiger partial charge in [-0.25, -0.2) is 0 Å². The van der Waals surface area contributed by atoms with E-state index in [1.54, 1.807) is 43.4 Å². The molecule has 0 radical (unpaired) electrons. The normalized spacial score (nSPS) is 7.80. The molecule has 0 unspecified atom stereocenters. The molecule has 25 heavy (non-hydrogen) atoms. The fourth-order valence-corrected chi connectivity index (χ4v) is 1.23. The van der Waals surface area contributed by atoms with Gasteiger partial charge in [0.2, 0.25) is 0 Å². The van der Waals surface area contributed by atoms with Crippen LogP contribution in [0.3, 0.4) is 0 Å². The Morgan fingerprint density at radius 2 is 0.920 bits per heavy atom. The molecule has 136 valence electrons. The van der Waals surface area contributed by atoms with Gasteiger partial charge in [0.05, 0.1) is 5.69 Å². The highest BCUT2D eigenvalue weighted by Crippen LogP contribution is 1.89. The minimum Gasteiger partial charge on any atom is -0.265 e. The first-order valence-corrected chi connectivity index (χ1v) is 8.64. The van der Waals surface area contributed by atoms with Gasteiger partial charge in [-0.05, 0) is 56.2 Å². The van der Waals surface area contributed by atoms with Crippen LogP contribution < -0.4 is 0 Å². The molecule has 3 aromatic rings. The van der Waals surface area contributed by atoms with E-state index >= 15 is 0 Å². The van der Waals surface area contributed by atoms with Crippen molar-refractivity contribution in [2.24, 2.45) is 0 Å². The molecule has 3 heterocycles. The van der Waals surface area contributed by atoms with Crippen LogP contribution in [0.15, 0.2) is 67.6 Å². The lowest BCUT2D eigenvalue weighted by molar-refractivity contribution is 1.12. The Morgan fingerprint density at radius 1 is 0.520 bits per heavy atom. The minimum atomic E-state index is 0.961. The first-order valence-electron chi connectivity index (χ1n) is 8.64. The van der Waals surface area contributed by atoms with E-state index in [1.807, 2.05) is 72.7 Å². The summed E-state index contributed by atoms with van der Waals surface area (Å²) in [4.78, 5) is 15.4. The largest absolute Gasteiger partial charge is 0.265 e. The number of pyridine rings is 2. The average molecular weight is 341 g/mol. The molecule has 0 spiro atoms. The Morgan fingerprint density at radius 3 is 1.08 bits per heavy atom. The lowest BCUT2D eigenvalue weighted by atomic mass is 10.3. The van der Waals surface area contributed by atoms with Gasteiger partial charge in [-0.3, -0.25) is 19.9 Å².